The van der Waals surface area contributed by atoms with Crippen molar-refractivity contribution in [3.05, 3.63) is 0 Å². The number of hydrogen-bond donors (Lipinski definition) is 1. The quantitative estimate of drug-likeness (QED) is 0.371. The van der Waals surface area contributed by atoms with Crippen LogP contribution in [0.5, 0.6) is 0 Å². The topological polar surface area (TPSA) is 70.3 Å². The van der Waals surface area contributed by atoms with Gasteiger partial charge in [0.2, 0.25) is 0 Å². The van der Waals surface area contributed by atoms with Crippen LogP contribution in [0.2, 0.25) is 0 Å². The van der Waals surface area contributed by atoms with Gasteiger partial charge in [-0.1, -0.05) is 0 Å². The fraction of sp³-hybridized carbons (Fsp3) is 0.500. The fourth-order valence-electron chi connectivity index (χ4n) is 0. The molecule has 0 saturated carbocycles. The summed E-state index contributed by atoms with van der Waals surface area (Å²) in [5, 5.41) is 14.6. The summed E-state index contributed by atoms with van der Waals surface area (Å²) in [5.74, 6) is -0.690. The predicted octanol–water partition coefficient (Wildman–Crippen LogP) is 0.552. The van der Waals surface area contributed by atoms with Crippen molar-refractivity contribution >= 4 is 5.97 Å². The first-order valence-electron chi connectivity index (χ1n) is 1.81. The van der Waals surface area contributed by atoms with Crippen LogP contribution < -0.4 is 0 Å². The molecule has 1 N–H and O–H groups in total. The standard InChI is InChI=1S/C2H3N.C2H4O3/c1-2-3;1-2(3)5-4/h1H3;4H,1H3. The van der Waals surface area contributed by atoms with E-state index in [4.69, 9.17) is 10.5 Å². The Morgan fingerprint density at radius 1 is 1.88 bits per heavy atom. The maximum absolute atomic E-state index is 9.34. The van der Waals surface area contributed by atoms with Gasteiger partial charge in [0, 0.05) is 13.8 Å². The van der Waals surface area contributed by atoms with Crippen molar-refractivity contribution in [2.75, 3.05) is 0 Å². The molecule has 0 aromatic heterocycles. The third-order valence-corrected chi connectivity index (χ3v) is 0.129. The van der Waals surface area contributed by atoms with Crippen LogP contribution in [-0.2, 0) is 9.68 Å². The molecule has 0 aliphatic carbocycles. The summed E-state index contributed by atoms with van der Waals surface area (Å²) >= 11 is 0. The minimum atomic E-state index is -0.690. The van der Waals surface area contributed by atoms with Crippen LogP contribution in [0.3, 0.4) is 0 Å². The normalized spacial score (nSPS) is 5.25. The summed E-state index contributed by atoms with van der Waals surface area (Å²) in [5.41, 5.74) is 0. The molecule has 0 amide bonds. The van der Waals surface area contributed by atoms with Gasteiger partial charge in [-0.2, -0.15) is 10.5 Å². The zero-order chi connectivity index (χ0) is 6.99. The van der Waals surface area contributed by atoms with Crippen LogP contribution in [0.1, 0.15) is 13.8 Å². The number of carbonyl (C=O) groups is 1. The van der Waals surface area contributed by atoms with E-state index in [0.717, 1.165) is 6.92 Å². The molecule has 0 aliphatic heterocycles. The highest BCUT2D eigenvalue weighted by Crippen LogP contribution is 1.59. The van der Waals surface area contributed by atoms with Crippen molar-refractivity contribution in [2.24, 2.45) is 0 Å². The molecule has 0 aromatic carbocycles. The van der Waals surface area contributed by atoms with Gasteiger partial charge in [0.1, 0.15) is 0 Å². The second-order valence-corrected chi connectivity index (χ2v) is 0.806. The Morgan fingerprint density at radius 2 is 2.00 bits per heavy atom. The zero-order valence-corrected chi connectivity index (χ0v) is 4.71. The highest BCUT2D eigenvalue weighted by Gasteiger charge is 1.79. The Morgan fingerprint density at radius 3 is 2.00 bits per heavy atom. The molecule has 0 bridgehead atoms. The van der Waals surface area contributed by atoms with Crippen LogP contribution >= 0.6 is 0 Å². The van der Waals surface area contributed by atoms with Gasteiger partial charge in [-0.05, 0) is 0 Å². The van der Waals surface area contributed by atoms with E-state index in [2.05, 4.69) is 4.89 Å². The SMILES string of the molecule is CC#N.CC(=O)OO. The van der Waals surface area contributed by atoms with Crippen molar-refractivity contribution in [1.82, 2.24) is 0 Å². The predicted molar refractivity (Wildman–Crippen MR) is 25.7 cm³/mol. The van der Waals surface area contributed by atoms with Gasteiger partial charge in [-0.25, -0.2) is 4.79 Å². The molecule has 0 fully saturated rings. The molecule has 0 rings (SSSR count). The van der Waals surface area contributed by atoms with E-state index in [0.29, 0.717) is 0 Å². The van der Waals surface area contributed by atoms with Gasteiger partial charge in [0.05, 0.1) is 6.07 Å². The Balaban J connectivity index is 0. The lowest BCUT2D eigenvalue weighted by molar-refractivity contribution is -0.231. The monoisotopic (exact) mass is 117 g/mol. The van der Waals surface area contributed by atoms with Gasteiger partial charge in [0.15, 0.2) is 0 Å². The molecule has 4 nitrogen and oxygen atoms in total. The Hall–Kier alpha value is -1.08. The first-order valence-corrected chi connectivity index (χ1v) is 1.81. The van der Waals surface area contributed by atoms with Gasteiger partial charge < -0.3 is 4.89 Å². The average Bonchev–Trinajstić information content (AvgIpc) is 1.69. The second-order valence-electron chi connectivity index (χ2n) is 0.806. The molecule has 0 saturated heterocycles. The van der Waals surface area contributed by atoms with Crippen molar-refractivity contribution < 1.29 is 14.9 Å². The number of hydrogen-bond acceptors (Lipinski definition) is 4. The Kier molecular flexibility index (Phi) is 11.7. The van der Waals surface area contributed by atoms with Gasteiger partial charge in [-0.3, -0.25) is 0 Å². The molecule has 0 spiro atoms. The van der Waals surface area contributed by atoms with Crippen molar-refractivity contribution in [1.29, 1.82) is 5.26 Å². The summed E-state index contributed by atoms with van der Waals surface area (Å²) in [4.78, 5) is 12.5. The summed E-state index contributed by atoms with van der Waals surface area (Å²) in [6.07, 6.45) is 0. The van der Waals surface area contributed by atoms with Crippen molar-refractivity contribution in [3.63, 3.8) is 0 Å². The number of nitrogens with zero attached hydrogens (tertiary/aromatic N) is 1. The minimum absolute atomic E-state index is 0.690. The minimum Gasteiger partial charge on any atom is -0.301 e. The fourth-order valence-corrected chi connectivity index (χ4v) is 0. The molecule has 4 heteroatoms. The van der Waals surface area contributed by atoms with E-state index >= 15 is 0 Å². The number of nitriles is 1. The first kappa shape index (κ1) is 10.0. The lowest BCUT2D eigenvalue weighted by atomic mass is 10.9. The van der Waals surface area contributed by atoms with E-state index < -0.39 is 5.97 Å². The van der Waals surface area contributed by atoms with Crippen LogP contribution in [0.15, 0.2) is 0 Å². The van der Waals surface area contributed by atoms with E-state index in [-0.39, 0.29) is 0 Å². The summed E-state index contributed by atoms with van der Waals surface area (Å²) in [6.45, 7) is 2.54. The Labute approximate surface area is 47.2 Å². The molecule has 0 aromatic rings. The maximum Gasteiger partial charge on any atom is 0.339 e. The van der Waals surface area contributed by atoms with Crippen molar-refractivity contribution in [3.8, 4) is 6.07 Å². The number of rotatable bonds is 0. The maximum atomic E-state index is 9.34. The van der Waals surface area contributed by atoms with Crippen LogP contribution in [0.4, 0.5) is 0 Å². The molecule has 0 radical (unpaired) electrons. The molecule has 46 valence electrons. The summed E-state index contributed by atoms with van der Waals surface area (Å²) < 4.78 is 0. The van der Waals surface area contributed by atoms with E-state index in [1.807, 2.05) is 0 Å². The lowest BCUT2D eigenvalue weighted by Crippen LogP contribution is -1.89. The largest absolute Gasteiger partial charge is 0.339 e. The smallest absolute Gasteiger partial charge is 0.301 e. The third kappa shape index (κ3) is 89.3. The molecule has 0 aliphatic rings. The highest BCUT2D eigenvalue weighted by molar-refractivity contribution is 5.64. The van der Waals surface area contributed by atoms with E-state index in [1.165, 1.54) is 6.92 Å². The molecular formula is C4H7NO3. The molecular weight excluding hydrogens is 110 g/mol. The van der Waals surface area contributed by atoms with Crippen LogP contribution in [-0.4, -0.2) is 11.2 Å². The second kappa shape index (κ2) is 9.33. The zero-order valence-electron chi connectivity index (χ0n) is 4.71. The lowest BCUT2D eigenvalue weighted by Gasteiger charge is -1.76. The third-order valence-electron chi connectivity index (χ3n) is 0.129. The van der Waals surface area contributed by atoms with Crippen LogP contribution in [0.25, 0.3) is 0 Å². The summed E-state index contributed by atoms with van der Waals surface area (Å²) in [7, 11) is 0. The van der Waals surface area contributed by atoms with Gasteiger partial charge >= 0.3 is 5.97 Å². The summed E-state index contributed by atoms with van der Waals surface area (Å²) in [6, 6.07) is 1.75. The first-order chi connectivity index (χ1) is 3.68. The molecule has 8 heavy (non-hydrogen) atoms. The average molecular weight is 117 g/mol. The molecule has 0 atom stereocenters. The molecule has 0 unspecified atom stereocenters. The number of carbonyl (C=O) groups excluding carboxylic acids is 1. The molecule has 0 heterocycles. The van der Waals surface area contributed by atoms with E-state index in [9.17, 15) is 4.79 Å². The van der Waals surface area contributed by atoms with Gasteiger partial charge in [-0.15, -0.1) is 0 Å². The highest BCUT2D eigenvalue weighted by atomic mass is 17.1. The Bertz CT molecular complexity index is 93.9. The van der Waals surface area contributed by atoms with E-state index in [1.54, 1.807) is 6.07 Å². The van der Waals surface area contributed by atoms with Crippen LogP contribution in [0, 0.1) is 11.3 Å². The van der Waals surface area contributed by atoms with Crippen molar-refractivity contribution in [2.45, 2.75) is 13.8 Å². The van der Waals surface area contributed by atoms with Gasteiger partial charge in [0.25, 0.3) is 0 Å².